The van der Waals surface area contributed by atoms with E-state index in [2.05, 4.69) is 33.0 Å². The van der Waals surface area contributed by atoms with Crippen molar-refractivity contribution in [2.45, 2.75) is 26.7 Å². The molecular weight excluding hydrogens is 346 g/mol. The van der Waals surface area contributed by atoms with Crippen LogP contribution < -0.4 is 0 Å². The topological polar surface area (TPSA) is 49.8 Å². The summed E-state index contributed by atoms with van der Waals surface area (Å²) in [4.78, 5) is 13.6. The SMILES string of the molecule is CC(C)(Cc1ccc(CCN2CCOCC2)c(Br)c1)C(=O)O. The number of benzene rings is 1. The molecule has 1 aromatic carbocycles. The second-order valence-electron chi connectivity index (χ2n) is 6.50. The van der Waals surface area contributed by atoms with E-state index in [1.807, 2.05) is 6.07 Å². The Hall–Kier alpha value is -0.910. The van der Waals surface area contributed by atoms with Crippen LogP contribution in [0.15, 0.2) is 22.7 Å². The maximum atomic E-state index is 11.2. The lowest BCUT2D eigenvalue weighted by Gasteiger charge is -2.26. The van der Waals surface area contributed by atoms with Crippen LogP contribution in [0.5, 0.6) is 0 Å². The number of carboxylic acids is 1. The molecule has 1 aromatic rings. The molecule has 1 aliphatic rings. The Labute approximate surface area is 140 Å². The Morgan fingerprint density at radius 2 is 2.05 bits per heavy atom. The van der Waals surface area contributed by atoms with Gasteiger partial charge in [0.25, 0.3) is 0 Å². The van der Waals surface area contributed by atoms with Crippen molar-refractivity contribution in [2.75, 3.05) is 32.8 Å². The van der Waals surface area contributed by atoms with Gasteiger partial charge < -0.3 is 9.84 Å². The Morgan fingerprint density at radius 1 is 1.36 bits per heavy atom. The summed E-state index contributed by atoms with van der Waals surface area (Å²) >= 11 is 3.63. The quantitative estimate of drug-likeness (QED) is 0.837. The van der Waals surface area contributed by atoms with Crippen molar-refractivity contribution < 1.29 is 14.6 Å². The number of hydrogen-bond acceptors (Lipinski definition) is 3. The summed E-state index contributed by atoms with van der Waals surface area (Å²) in [6.07, 6.45) is 1.52. The minimum atomic E-state index is -0.764. The van der Waals surface area contributed by atoms with E-state index in [1.54, 1.807) is 13.8 Å². The average Bonchev–Trinajstić information content (AvgIpc) is 2.47. The summed E-state index contributed by atoms with van der Waals surface area (Å²) in [6.45, 7) is 8.20. The third kappa shape index (κ3) is 4.80. The number of nitrogens with zero attached hydrogens (tertiary/aromatic N) is 1. The van der Waals surface area contributed by atoms with Gasteiger partial charge in [-0.05, 0) is 43.9 Å². The molecule has 122 valence electrons. The van der Waals surface area contributed by atoms with E-state index in [4.69, 9.17) is 4.74 Å². The Bertz CT molecular complexity index is 525. The maximum Gasteiger partial charge on any atom is 0.309 e. The van der Waals surface area contributed by atoms with Gasteiger partial charge in [-0.1, -0.05) is 28.1 Å². The van der Waals surface area contributed by atoms with Crippen LogP contribution >= 0.6 is 15.9 Å². The van der Waals surface area contributed by atoms with Crippen molar-refractivity contribution >= 4 is 21.9 Å². The molecule has 0 unspecified atom stereocenters. The van der Waals surface area contributed by atoms with E-state index < -0.39 is 11.4 Å². The molecule has 1 aliphatic heterocycles. The predicted molar refractivity (Wildman–Crippen MR) is 90.2 cm³/mol. The summed E-state index contributed by atoms with van der Waals surface area (Å²) in [5.74, 6) is -0.764. The zero-order valence-corrected chi connectivity index (χ0v) is 14.9. The van der Waals surface area contributed by atoms with Crippen LogP contribution in [0.4, 0.5) is 0 Å². The molecule has 1 fully saturated rings. The molecule has 0 spiro atoms. The largest absolute Gasteiger partial charge is 0.481 e. The lowest BCUT2D eigenvalue weighted by atomic mass is 9.86. The summed E-state index contributed by atoms with van der Waals surface area (Å²) in [7, 11) is 0. The number of rotatable bonds is 6. The molecule has 0 saturated carbocycles. The number of carbonyl (C=O) groups is 1. The van der Waals surface area contributed by atoms with Gasteiger partial charge >= 0.3 is 5.97 Å². The van der Waals surface area contributed by atoms with Gasteiger partial charge in [0.2, 0.25) is 0 Å². The normalized spacial score (nSPS) is 16.7. The molecule has 1 heterocycles. The van der Waals surface area contributed by atoms with Crippen molar-refractivity contribution in [3.05, 3.63) is 33.8 Å². The van der Waals surface area contributed by atoms with Gasteiger partial charge in [0, 0.05) is 24.1 Å². The molecule has 22 heavy (non-hydrogen) atoms. The van der Waals surface area contributed by atoms with Crippen molar-refractivity contribution in [3.8, 4) is 0 Å². The molecule has 4 nitrogen and oxygen atoms in total. The van der Waals surface area contributed by atoms with Gasteiger partial charge in [-0.25, -0.2) is 0 Å². The zero-order valence-electron chi connectivity index (χ0n) is 13.3. The fourth-order valence-electron chi connectivity index (χ4n) is 2.59. The number of morpholine rings is 1. The predicted octanol–water partition coefficient (Wildman–Crippen LogP) is 2.98. The minimum Gasteiger partial charge on any atom is -0.481 e. The highest BCUT2D eigenvalue weighted by Gasteiger charge is 2.27. The highest BCUT2D eigenvalue weighted by Crippen LogP contribution is 2.26. The molecular formula is C17H24BrNO3. The van der Waals surface area contributed by atoms with Crippen LogP contribution in [0.1, 0.15) is 25.0 Å². The van der Waals surface area contributed by atoms with E-state index in [1.165, 1.54) is 5.56 Å². The fourth-order valence-corrected chi connectivity index (χ4v) is 3.22. The molecule has 0 radical (unpaired) electrons. The average molecular weight is 370 g/mol. The molecule has 0 aromatic heterocycles. The van der Waals surface area contributed by atoms with Crippen LogP contribution in [0, 0.1) is 5.41 Å². The van der Waals surface area contributed by atoms with E-state index in [0.29, 0.717) is 6.42 Å². The summed E-state index contributed by atoms with van der Waals surface area (Å²) < 4.78 is 6.43. The number of aliphatic carboxylic acids is 1. The zero-order chi connectivity index (χ0) is 16.2. The van der Waals surface area contributed by atoms with Crippen molar-refractivity contribution in [1.82, 2.24) is 4.90 Å². The second-order valence-corrected chi connectivity index (χ2v) is 7.35. The van der Waals surface area contributed by atoms with Crippen molar-refractivity contribution in [3.63, 3.8) is 0 Å². The molecule has 1 saturated heterocycles. The van der Waals surface area contributed by atoms with E-state index in [-0.39, 0.29) is 0 Å². The summed E-state index contributed by atoms with van der Waals surface area (Å²) in [6, 6.07) is 6.21. The van der Waals surface area contributed by atoms with E-state index in [0.717, 1.165) is 49.3 Å². The Morgan fingerprint density at radius 3 is 2.64 bits per heavy atom. The minimum absolute atomic E-state index is 0.532. The standard InChI is InChI=1S/C17H24BrNO3/c1-17(2,16(20)21)12-13-3-4-14(15(18)11-13)5-6-19-7-9-22-10-8-19/h3-4,11H,5-10,12H2,1-2H3,(H,20,21). The third-order valence-electron chi connectivity index (χ3n) is 4.14. The van der Waals surface area contributed by atoms with Gasteiger partial charge in [-0.2, -0.15) is 0 Å². The molecule has 0 amide bonds. The molecule has 2 rings (SSSR count). The number of ether oxygens (including phenoxy) is 1. The van der Waals surface area contributed by atoms with Gasteiger partial charge in [-0.3, -0.25) is 9.69 Å². The van der Waals surface area contributed by atoms with Gasteiger partial charge in [0.1, 0.15) is 0 Å². The Kier molecular flexibility index (Phi) is 6.01. The smallest absolute Gasteiger partial charge is 0.309 e. The number of halogens is 1. The third-order valence-corrected chi connectivity index (χ3v) is 4.88. The lowest BCUT2D eigenvalue weighted by Crippen LogP contribution is -2.37. The Balaban J connectivity index is 1.95. The lowest BCUT2D eigenvalue weighted by molar-refractivity contribution is -0.146. The monoisotopic (exact) mass is 369 g/mol. The molecule has 0 bridgehead atoms. The van der Waals surface area contributed by atoms with Crippen molar-refractivity contribution in [1.29, 1.82) is 0 Å². The van der Waals surface area contributed by atoms with E-state index >= 15 is 0 Å². The van der Waals surface area contributed by atoms with Crippen LogP contribution in [-0.2, 0) is 22.4 Å². The number of hydrogen-bond donors (Lipinski definition) is 1. The highest BCUT2D eigenvalue weighted by atomic mass is 79.9. The molecule has 0 atom stereocenters. The second kappa shape index (κ2) is 7.57. The first-order chi connectivity index (χ1) is 10.4. The molecule has 0 aliphatic carbocycles. The first-order valence-electron chi connectivity index (χ1n) is 7.69. The molecule has 5 heteroatoms. The fraction of sp³-hybridized carbons (Fsp3) is 0.588. The van der Waals surface area contributed by atoms with Crippen LogP contribution in [0.25, 0.3) is 0 Å². The molecule has 1 N–H and O–H groups in total. The number of carboxylic acid groups (broad SMARTS) is 1. The highest BCUT2D eigenvalue weighted by molar-refractivity contribution is 9.10. The maximum absolute atomic E-state index is 11.2. The summed E-state index contributed by atoms with van der Waals surface area (Å²) in [5, 5.41) is 9.23. The van der Waals surface area contributed by atoms with Crippen LogP contribution in [0.2, 0.25) is 0 Å². The van der Waals surface area contributed by atoms with Crippen molar-refractivity contribution in [2.24, 2.45) is 5.41 Å². The van der Waals surface area contributed by atoms with Crippen LogP contribution in [0.3, 0.4) is 0 Å². The van der Waals surface area contributed by atoms with E-state index in [9.17, 15) is 9.90 Å². The van der Waals surface area contributed by atoms with Gasteiger partial charge in [-0.15, -0.1) is 0 Å². The first-order valence-corrected chi connectivity index (χ1v) is 8.48. The summed E-state index contributed by atoms with van der Waals surface area (Å²) in [5.41, 5.74) is 1.58. The van der Waals surface area contributed by atoms with Crippen LogP contribution in [-0.4, -0.2) is 48.8 Å². The first kappa shape index (κ1) is 17.4. The van der Waals surface area contributed by atoms with Gasteiger partial charge in [0.05, 0.1) is 18.6 Å². The van der Waals surface area contributed by atoms with Gasteiger partial charge in [0.15, 0.2) is 0 Å².